The summed E-state index contributed by atoms with van der Waals surface area (Å²) in [5.41, 5.74) is -0.225. The van der Waals surface area contributed by atoms with Crippen LogP contribution in [0.2, 0.25) is 0 Å². The van der Waals surface area contributed by atoms with E-state index in [1.165, 1.54) is 0 Å². The van der Waals surface area contributed by atoms with Crippen LogP contribution in [0.25, 0.3) is 0 Å². The lowest BCUT2D eigenvalue weighted by Crippen LogP contribution is -2.56. The minimum Gasteiger partial charge on any atom is -0.353 e. The van der Waals surface area contributed by atoms with Crippen LogP contribution in [0.5, 0.6) is 0 Å². The van der Waals surface area contributed by atoms with Crippen LogP contribution in [-0.2, 0) is 9.59 Å². The van der Waals surface area contributed by atoms with Gasteiger partial charge in [-0.2, -0.15) is 0 Å². The van der Waals surface area contributed by atoms with Crippen LogP contribution in [0.1, 0.15) is 32.6 Å². The molecule has 102 valence electrons. The van der Waals surface area contributed by atoms with E-state index in [0.717, 1.165) is 38.8 Å². The van der Waals surface area contributed by atoms with E-state index in [-0.39, 0.29) is 23.8 Å². The molecule has 0 spiro atoms. The van der Waals surface area contributed by atoms with E-state index in [1.54, 1.807) is 4.90 Å². The predicted octanol–water partition coefficient (Wildman–Crippen LogP) is 0.115. The molecule has 2 fully saturated rings. The molecule has 2 rings (SSSR count). The third-order valence-electron chi connectivity index (χ3n) is 4.07. The van der Waals surface area contributed by atoms with Crippen molar-refractivity contribution < 1.29 is 9.59 Å². The van der Waals surface area contributed by atoms with E-state index in [1.807, 2.05) is 0 Å². The Labute approximate surface area is 108 Å². The molecule has 2 amide bonds. The summed E-state index contributed by atoms with van der Waals surface area (Å²) in [5, 5.41) is 6.08. The van der Waals surface area contributed by atoms with Crippen molar-refractivity contribution in [3.8, 4) is 0 Å². The standard InChI is InChI=1S/C13H23N3O2/c1-2-3-13(4-6-14-7-5-13)12(18)16-9-8-15-11(17)10-16/h14H,2-10H2,1H3,(H,15,17). The molecule has 2 aliphatic heterocycles. The van der Waals surface area contributed by atoms with E-state index in [9.17, 15) is 9.59 Å². The third-order valence-corrected chi connectivity index (χ3v) is 4.07. The van der Waals surface area contributed by atoms with Crippen LogP contribution in [-0.4, -0.2) is 49.4 Å². The summed E-state index contributed by atoms with van der Waals surface area (Å²) in [6, 6.07) is 0. The molecule has 2 heterocycles. The van der Waals surface area contributed by atoms with E-state index in [4.69, 9.17) is 0 Å². The number of carbonyl (C=O) groups excluding carboxylic acids is 2. The quantitative estimate of drug-likeness (QED) is 0.751. The van der Waals surface area contributed by atoms with Crippen molar-refractivity contribution in [3.63, 3.8) is 0 Å². The van der Waals surface area contributed by atoms with Crippen molar-refractivity contribution in [2.24, 2.45) is 5.41 Å². The molecular formula is C13H23N3O2. The Kier molecular flexibility index (Phi) is 4.22. The Bertz CT molecular complexity index is 319. The maximum atomic E-state index is 12.7. The zero-order valence-electron chi connectivity index (χ0n) is 11.1. The maximum absolute atomic E-state index is 12.7. The molecule has 0 aromatic heterocycles. The molecular weight excluding hydrogens is 230 g/mol. The Morgan fingerprint density at radius 3 is 2.67 bits per heavy atom. The summed E-state index contributed by atoms with van der Waals surface area (Å²) in [6.45, 7) is 5.42. The first-order valence-corrected chi connectivity index (χ1v) is 6.95. The molecule has 0 bridgehead atoms. The monoisotopic (exact) mass is 253 g/mol. The second-order valence-corrected chi connectivity index (χ2v) is 5.36. The van der Waals surface area contributed by atoms with Crippen molar-refractivity contribution >= 4 is 11.8 Å². The average Bonchev–Trinajstić information content (AvgIpc) is 2.39. The minimum atomic E-state index is -0.225. The molecule has 5 nitrogen and oxygen atoms in total. The van der Waals surface area contributed by atoms with Crippen LogP contribution in [0.15, 0.2) is 0 Å². The third kappa shape index (κ3) is 2.66. The molecule has 0 aromatic carbocycles. The number of rotatable bonds is 3. The van der Waals surface area contributed by atoms with Crippen LogP contribution < -0.4 is 10.6 Å². The van der Waals surface area contributed by atoms with Crippen molar-refractivity contribution in [3.05, 3.63) is 0 Å². The molecule has 2 N–H and O–H groups in total. The number of piperidine rings is 1. The highest BCUT2D eigenvalue weighted by Gasteiger charge is 2.41. The number of piperazine rings is 1. The molecule has 18 heavy (non-hydrogen) atoms. The van der Waals surface area contributed by atoms with Gasteiger partial charge in [0.2, 0.25) is 11.8 Å². The molecule has 0 aliphatic carbocycles. The number of carbonyl (C=O) groups is 2. The fraction of sp³-hybridized carbons (Fsp3) is 0.846. The second kappa shape index (κ2) is 5.69. The van der Waals surface area contributed by atoms with E-state index in [2.05, 4.69) is 17.6 Å². The van der Waals surface area contributed by atoms with Gasteiger partial charge in [-0.3, -0.25) is 9.59 Å². The van der Waals surface area contributed by atoms with Gasteiger partial charge in [-0.15, -0.1) is 0 Å². The zero-order chi connectivity index (χ0) is 13.0. The molecule has 2 aliphatic rings. The number of nitrogens with one attached hydrogen (secondary N) is 2. The van der Waals surface area contributed by atoms with Crippen LogP contribution in [0, 0.1) is 5.41 Å². The van der Waals surface area contributed by atoms with Crippen LogP contribution >= 0.6 is 0 Å². The molecule has 0 radical (unpaired) electrons. The lowest BCUT2D eigenvalue weighted by molar-refractivity contribution is -0.148. The van der Waals surface area contributed by atoms with Gasteiger partial charge in [0.15, 0.2) is 0 Å². The molecule has 2 saturated heterocycles. The zero-order valence-corrected chi connectivity index (χ0v) is 11.1. The van der Waals surface area contributed by atoms with Gasteiger partial charge in [-0.1, -0.05) is 13.3 Å². The van der Waals surface area contributed by atoms with Crippen molar-refractivity contribution in [2.75, 3.05) is 32.7 Å². The van der Waals surface area contributed by atoms with Gasteiger partial charge >= 0.3 is 0 Å². The lowest BCUT2D eigenvalue weighted by atomic mass is 9.74. The van der Waals surface area contributed by atoms with Crippen molar-refractivity contribution in [2.45, 2.75) is 32.6 Å². The molecule has 0 aromatic rings. The Hall–Kier alpha value is -1.10. The lowest BCUT2D eigenvalue weighted by Gasteiger charge is -2.41. The summed E-state index contributed by atoms with van der Waals surface area (Å²) in [5.74, 6) is 0.163. The second-order valence-electron chi connectivity index (χ2n) is 5.36. The van der Waals surface area contributed by atoms with Crippen molar-refractivity contribution in [1.82, 2.24) is 15.5 Å². The fourth-order valence-electron chi connectivity index (χ4n) is 3.10. The largest absolute Gasteiger partial charge is 0.353 e. The SMILES string of the molecule is CCCC1(C(=O)N2CCNC(=O)C2)CCNCC1. The van der Waals surface area contributed by atoms with Gasteiger partial charge in [0.05, 0.1) is 12.0 Å². The smallest absolute Gasteiger partial charge is 0.239 e. The Balaban J connectivity index is 2.09. The summed E-state index contributed by atoms with van der Waals surface area (Å²) >= 11 is 0. The summed E-state index contributed by atoms with van der Waals surface area (Å²) in [7, 11) is 0. The maximum Gasteiger partial charge on any atom is 0.239 e. The van der Waals surface area contributed by atoms with Crippen LogP contribution in [0.4, 0.5) is 0 Å². The molecule has 0 unspecified atom stereocenters. The van der Waals surface area contributed by atoms with E-state index < -0.39 is 0 Å². The molecule has 0 atom stereocenters. The minimum absolute atomic E-state index is 0.0322. The van der Waals surface area contributed by atoms with Gasteiger partial charge in [0, 0.05) is 13.1 Å². The van der Waals surface area contributed by atoms with Gasteiger partial charge in [-0.25, -0.2) is 0 Å². The summed E-state index contributed by atoms with van der Waals surface area (Å²) in [4.78, 5) is 25.9. The Morgan fingerprint density at radius 1 is 1.33 bits per heavy atom. The van der Waals surface area contributed by atoms with Gasteiger partial charge < -0.3 is 15.5 Å². The highest BCUT2D eigenvalue weighted by Crippen LogP contribution is 2.36. The van der Waals surface area contributed by atoms with Crippen molar-refractivity contribution in [1.29, 1.82) is 0 Å². The predicted molar refractivity (Wildman–Crippen MR) is 69.0 cm³/mol. The number of hydrogen-bond acceptors (Lipinski definition) is 3. The molecule has 5 heteroatoms. The number of hydrogen-bond donors (Lipinski definition) is 2. The fourth-order valence-corrected chi connectivity index (χ4v) is 3.10. The highest BCUT2D eigenvalue weighted by atomic mass is 16.2. The first-order chi connectivity index (χ1) is 8.68. The number of nitrogens with zero attached hydrogens (tertiary/aromatic N) is 1. The number of amides is 2. The Morgan fingerprint density at radius 2 is 2.06 bits per heavy atom. The van der Waals surface area contributed by atoms with E-state index >= 15 is 0 Å². The summed E-state index contributed by atoms with van der Waals surface area (Å²) in [6.07, 6.45) is 3.76. The van der Waals surface area contributed by atoms with Gasteiger partial charge in [0.1, 0.15) is 0 Å². The van der Waals surface area contributed by atoms with Crippen LogP contribution in [0.3, 0.4) is 0 Å². The first-order valence-electron chi connectivity index (χ1n) is 6.95. The average molecular weight is 253 g/mol. The summed E-state index contributed by atoms with van der Waals surface area (Å²) < 4.78 is 0. The normalized spacial score (nSPS) is 23.6. The first kappa shape index (κ1) is 13.3. The highest BCUT2D eigenvalue weighted by molar-refractivity contribution is 5.89. The molecule has 0 saturated carbocycles. The topological polar surface area (TPSA) is 61.4 Å². The van der Waals surface area contributed by atoms with E-state index in [0.29, 0.717) is 13.1 Å². The van der Waals surface area contributed by atoms with Gasteiger partial charge in [0.25, 0.3) is 0 Å². The van der Waals surface area contributed by atoms with Gasteiger partial charge in [-0.05, 0) is 32.4 Å².